The van der Waals surface area contributed by atoms with Crippen molar-refractivity contribution in [2.45, 2.75) is 25.5 Å². The van der Waals surface area contributed by atoms with Crippen LogP contribution in [0.25, 0.3) is 0 Å². The number of β-amino-alcohol motifs (C(OH)–C–C–N with tert-alkyl or cyclic N) is 1. The Bertz CT molecular complexity index is 384. The van der Waals surface area contributed by atoms with Crippen molar-refractivity contribution >= 4 is 0 Å². The van der Waals surface area contributed by atoms with Gasteiger partial charge in [-0.05, 0) is 37.1 Å². The van der Waals surface area contributed by atoms with Gasteiger partial charge in [-0.2, -0.15) is 0 Å². The lowest BCUT2D eigenvalue weighted by Crippen LogP contribution is -2.37. The molecule has 94 valence electrons. The fourth-order valence-corrected chi connectivity index (χ4v) is 2.24. The number of likely N-dealkylation sites (tertiary alicyclic amines) is 1. The van der Waals surface area contributed by atoms with E-state index in [1.807, 2.05) is 6.07 Å². The average Bonchev–Trinajstić information content (AvgIpc) is 2.29. The number of aliphatic hydroxyl groups excluding tert-OH is 1. The van der Waals surface area contributed by atoms with Crippen LogP contribution < -0.4 is 4.74 Å². The molecule has 3 nitrogen and oxygen atoms in total. The van der Waals surface area contributed by atoms with Crippen LogP contribution in [0.3, 0.4) is 0 Å². The smallest absolute Gasteiger partial charge is 0.165 e. The first kappa shape index (κ1) is 12.3. The summed E-state index contributed by atoms with van der Waals surface area (Å²) in [6.07, 6.45) is 1.62. The monoisotopic (exact) mass is 239 g/mol. The number of piperidine rings is 1. The minimum Gasteiger partial charge on any atom is -0.494 e. The van der Waals surface area contributed by atoms with Crippen molar-refractivity contribution in [1.82, 2.24) is 4.90 Å². The van der Waals surface area contributed by atoms with Crippen LogP contribution in [0.1, 0.15) is 18.4 Å². The highest BCUT2D eigenvalue weighted by atomic mass is 19.1. The third-order valence-electron chi connectivity index (χ3n) is 3.10. The van der Waals surface area contributed by atoms with Gasteiger partial charge in [0.15, 0.2) is 11.6 Å². The van der Waals surface area contributed by atoms with Crippen LogP contribution in [0, 0.1) is 5.82 Å². The zero-order valence-corrected chi connectivity index (χ0v) is 10.0. The lowest BCUT2D eigenvalue weighted by atomic mass is 10.1. The second kappa shape index (κ2) is 5.47. The minimum absolute atomic E-state index is 0.244. The summed E-state index contributed by atoms with van der Waals surface area (Å²) >= 11 is 0. The molecule has 1 saturated heterocycles. The summed E-state index contributed by atoms with van der Waals surface area (Å²) in [5, 5.41) is 9.56. The van der Waals surface area contributed by atoms with Crippen molar-refractivity contribution in [3.8, 4) is 5.75 Å². The predicted molar refractivity (Wildman–Crippen MR) is 63.5 cm³/mol. The number of aliphatic hydroxyl groups is 1. The van der Waals surface area contributed by atoms with Gasteiger partial charge in [0, 0.05) is 13.1 Å². The van der Waals surface area contributed by atoms with E-state index in [-0.39, 0.29) is 17.7 Å². The van der Waals surface area contributed by atoms with E-state index < -0.39 is 0 Å². The Kier molecular flexibility index (Phi) is 3.97. The predicted octanol–water partition coefficient (Wildman–Crippen LogP) is 1.79. The van der Waals surface area contributed by atoms with Crippen LogP contribution in [0.4, 0.5) is 4.39 Å². The van der Waals surface area contributed by atoms with E-state index in [9.17, 15) is 9.50 Å². The van der Waals surface area contributed by atoms with E-state index >= 15 is 0 Å². The molecule has 1 aromatic rings. The Morgan fingerprint density at radius 3 is 3.00 bits per heavy atom. The van der Waals surface area contributed by atoms with Gasteiger partial charge in [-0.25, -0.2) is 4.39 Å². The zero-order valence-electron chi connectivity index (χ0n) is 10.0. The van der Waals surface area contributed by atoms with Crippen molar-refractivity contribution in [2.24, 2.45) is 0 Å². The molecule has 1 atom stereocenters. The number of benzene rings is 1. The molecule has 1 fully saturated rings. The van der Waals surface area contributed by atoms with Gasteiger partial charge in [-0.1, -0.05) is 6.07 Å². The molecular weight excluding hydrogens is 221 g/mol. The van der Waals surface area contributed by atoms with Crippen LogP contribution in [0.5, 0.6) is 5.75 Å². The normalized spacial score (nSPS) is 21.5. The van der Waals surface area contributed by atoms with Crippen molar-refractivity contribution in [3.63, 3.8) is 0 Å². The molecule has 1 aliphatic heterocycles. The third kappa shape index (κ3) is 3.17. The molecule has 0 amide bonds. The number of ether oxygens (including phenoxy) is 1. The Morgan fingerprint density at radius 2 is 2.35 bits per heavy atom. The Morgan fingerprint density at radius 1 is 1.53 bits per heavy atom. The quantitative estimate of drug-likeness (QED) is 0.873. The minimum atomic E-state index is -0.331. The molecule has 0 spiro atoms. The molecule has 17 heavy (non-hydrogen) atoms. The molecule has 1 heterocycles. The second-order valence-corrected chi connectivity index (χ2v) is 4.50. The van der Waals surface area contributed by atoms with Crippen molar-refractivity contribution in [2.75, 3.05) is 20.2 Å². The SMILES string of the molecule is COc1ccc(CN2CCCC(O)C2)cc1F. The van der Waals surface area contributed by atoms with Gasteiger partial charge >= 0.3 is 0 Å². The lowest BCUT2D eigenvalue weighted by Gasteiger charge is -2.29. The molecule has 0 aromatic heterocycles. The Labute approximate surface area is 101 Å². The molecule has 1 unspecified atom stereocenters. The van der Waals surface area contributed by atoms with E-state index in [0.717, 1.165) is 24.9 Å². The number of halogens is 1. The van der Waals surface area contributed by atoms with Gasteiger partial charge in [0.1, 0.15) is 0 Å². The van der Waals surface area contributed by atoms with Crippen LogP contribution >= 0.6 is 0 Å². The van der Waals surface area contributed by atoms with E-state index in [1.165, 1.54) is 13.2 Å². The molecule has 0 aliphatic carbocycles. The number of rotatable bonds is 3. The summed E-state index contributed by atoms with van der Waals surface area (Å²) in [7, 11) is 1.46. The van der Waals surface area contributed by atoms with Gasteiger partial charge in [0.05, 0.1) is 13.2 Å². The summed E-state index contributed by atoms with van der Waals surface area (Å²) in [6, 6.07) is 5.01. The topological polar surface area (TPSA) is 32.7 Å². The van der Waals surface area contributed by atoms with Crippen LogP contribution in [0.15, 0.2) is 18.2 Å². The molecule has 0 bridgehead atoms. The molecule has 1 aliphatic rings. The molecule has 2 rings (SSSR count). The van der Waals surface area contributed by atoms with Crippen LogP contribution in [-0.2, 0) is 6.54 Å². The number of methoxy groups -OCH3 is 1. The van der Waals surface area contributed by atoms with E-state index in [2.05, 4.69) is 4.90 Å². The maximum absolute atomic E-state index is 13.5. The van der Waals surface area contributed by atoms with Gasteiger partial charge in [-0.15, -0.1) is 0 Å². The maximum Gasteiger partial charge on any atom is 0.165 e. The standard InChI is InChI=1S/C13H18FNO2/c1-17-13-5-4-10(7-12(13)14)8-15-6-2-3-11(16)9-15/h4-5,7,11,16H,2-3,6,8-9H2,1H3. The fraction of sp³-hybridized carbons (Fsp3) is 0.538. The number of nitrogens with zero attached hydrogens (tertiary/aromatic N) is 1. The summed E-state index contributed by atoms with van der Waals surface area (Å²) in [4.78, 5) is 2.15. The molecule has 1 N–H and O–H groups in total. The van der Waals surface area contributed by atoms with E-state index in [4.69, 9.17) is 4.74 Å². The number of hydrogen-bond acceptors (Lipinski definition) is 3. The Hall–Kier alpha value is -1.13. The summed E-state index contributed by atoms with van der Waals surface area (Å²) in [5.41, 5.74) is 0.914. The maximum atomic E-state index is 13.5. The van der Waals surface area contributed by atoms with Crippen molar-refractivity contribution < 1.29 is 14.2 Å². The van der Waals surface area contributed by atoms with E-state index in [0.29, 0.717) is 13.1 Å². The van der Waals surface area contributed by atoms with Crippen molar-refractivity contribution in [3.05, 3.63) is 29.6 Å². The highest BCUT2D eigenvalue weighted by Gasteiger charge is 2.17. The summed E-state index contributed by atoms with van der Waals surface area (Å²) in [5.74, 6) is -0.0602. The van der Waals surface area contributed by atoms with Crippen molar-refractivity contribution in [1.29, 1.82) is 0 Å². The lowest BCUT2D eigenvalue weighted by molar-refractivity contribution is 0.0668. The Balaban J connectivity index is 2.00. The first-order valence-electron chi connectivity index (χ1n) is 5.92. The van der Waals surface area contributed by atoms with Gasteiger partial charge < -0.3 is 9.84 Å². The molecule has 1 aromatic carbocycles. The van der Waals surface area contributed by atoms with Gasteiger partial charge in [-0.3, -0.25) is 4.90 Å². The highest BCUT2D eigenvalue weighted by molar-refractivity contribution is 5.29. The van der Waals surface area contributed by atoms with Gasteiger partial charge in [0.2, 0.25) is 0 Å². The third-order valence-corrected chi connectivity index (χ3v) is 3.10. The molecule has 0 radical (unpaired) electrons. The first-order chi connectivity index (χ1) is 8.19. The molecular formula is C13H18FNO2. The summed E-state index contributed by atoms with van der Waals surface area (Å²) < 4.78 is 18.4. The fourth-order valence-electron chi connectivity index (χ4n) is 2.24. The van der Waals surface area contributed by atoms with Crippen LogP contribution in [0.2, 0.25) is 0 Å². The first-order valence-corrected chi connectivity index (χ1v) is 5.92. The zero-order chi connectivity index (χ0) is 12.3. The highest BCUT2D eigenvalue weighted by Crippen LogP contribution is 2.20. The number of hydrogen-bond donors (Lipinski definition) is 1. The molecule has 4 heteroatoms. The van der Waals surface area contributed by atoms with Gasteiger partial charge in [0.25, 0.3) is 0 Å². The average molecular weight is 239 g/mol. The largest absolute Gasteiger partial charge is 0.494 e. The second-order valence-electron chi connectivity index (χ2n) is 4.50. The molecule has 0 saturated carbocycles. The van der Waals surface area contributed by atoms with E-state index in [1.54, 1.807) is 6.07 Å². The van der Waals surface area contributed by atoms with Crippen LogP contribution in [-0.4, -0.2) is 36.3 Å². The summed E-state index contributed by atoms with van der Waals surface area (Å²) in [6.45, 7) is 2.32.